The number of nitrogens with zero attached hydrogens (tertiary/aromatic N) is 5. The van der Waals surface area contributed by atoms with Crippen molar-refractivity contribution in [3.05, 3.63) is 47.7 Å². The number of nitrogens with one attached hydrogen (secondary N) is 1. The number of fused-ring (bicyclic) bond motifs is 3. The first kappa shape index (κ1) is 17.9. The van der Waals surface area contributed by atoms with Crippen molar-refractivity contribution >= 4 is 5.91 Å². The van der Waals surface area contributed by atoms with Gasteiger partial charge in [0.2, 0.25) is 0 Å². The minimum absolute atomic E-state index is 0.0110. The molecule has 3 aromatic rings. The number of H-pyrrole nitrogens is 1. The van der Waals surface area contributed by atoms with Crippen molar-refractivity contribution in [2.75, 3.05) is 13.1 Å². The average molecular weight is 392 g/mol. The van der Waals surface area contributed by atoms with Crippen molar-refractivity contribution < 1.29 is 9.53 Å². The summed E-state index contributed by atoms with van der Waals surface area (Å²) in [6, 6.07) is 7.80. The van der Waals surface area contributed by atoms with Crippen molar-refractivity contribution in [3.8, 4) is 17.0 Å². The van der Waals surface area contributed by atoms with E-state index in [1.165, 1.54) is 0 Å². The highest BCUT2D eigenvalue weighted by Gasteiger charge is 2.31. The van der Waals surface area contributed by atoms with Gasteiger partial charge in [0.25, 0.3) is 5.91 Å². The highest BCUT2D eigenvalue weighted by Crippen LogP contribution is 2.37. The number of para-hydroxylation sites is 1. The summed E-state index contributed by atoms with van der Waals surface area (Å²) >= 11 is 0. The Bertz CT molecular complexity index is 1030. The van der Waals surface area contributed by atoms with E-state index in [0.29, 0.717) is 18.2 Å². The summed E-state index contributed by atoms with van der Waals surface area (Å²) in [5.74, 6) is 2.39. The number of aromatic nitrogens is 5. The largest absolute Gasteiger partial charge is 0.488 e. The van der Waals surface area contributed by atoms with Gasteiger partial charge in [-0.05, 0) is 37.8 Å². The van der Waals surface area contributed by atoms with E-state index in [-0.39, 0.29) is 5.91 Å². The predicted molar refractivity (Wildman–Crippen MR) is 106 cm³/mol. The fourth-order valence-corrected chi connectivity index (χ4v) is 4.30. The van der Waals surface area contributed by atoms with Crippen molar-refractivity contribution in [2.45, 2.75) is 39.3 Å². The summed E-state index contributed by atoms with van der Waals surface area (Å²) < 4.78 is 7.93. The van der Waals surface area contributed by atoms with E-state index in [4.69, 9.17) is 4.74 Å². The number of carbonyl (C=O) groups is 1. The van der Waals surface area contributed by atoms with E-state index >= 15 is 0 Å². The number of carbonyl (C=O) groups excluding carboxylic acids is 1. The van der Waals surface area contributed by atoms with Gasteiger partial charge >= 0.3 is 0 Å². The van der Waals surface area contributed by atoms with Gasteiger partial charge in [0, 0.05) is 37.2 Å². The van der Waals surface area contributed by atoms with Gasteiger partial charge in [-0.25, -0.2) is 0 Å². The van der Waals surface area contributed by atoms with Crippen molar-refractivity contribution in [1.29, 1.82) is 0 Å². The number of hydrogen-bond acceptors (Lipinski definition) is 5. The van der Waals surface area contributed by atoms with Crippen LogP contribution in [0.3, 0.4) is 0 Å². The van der Waals surface area contributed by atoms with Gasteiger partial charge in [0.05, 0.1) is 0 Å². The lowest BCUT2D eigenvalue weighted by Crippen LogP contribution is -2.39. The van der Waals surface area contributed by atoms with Gasteiger partial charge in [-0.15, -0.1) is 10.2 Å². The summed E-state index contributed by atoms with van der Waals surface area (Å²) in [4.78, 5) is 15.1. The molecule has 2 aliphatic heterocycles. The summed E-state index contributed by atoms with van der Waals surface area (Å²) in [5, 5.41) is 15.7. The Hall–Kier alpha value is -3.16. The van der Waals surface area contributed by atoms with Crippen LogP contribution in [0.2, 0.25) is 0 Å². The number of ether oxygens (including phenoxy) is 1. The Kier molecular flexibility index (Phi) is 4.54. The molecule has 0 radical (unpaired) electrons. The summed E-state index contributed by atoms with van der Waals surface area (Å²) in [5.41, 5.74) is 3.16. The molecule has 1 fully saturated rings. The maximum Gasteiger partial charge on any atom is 0.272 e. The third-order valence-corrected chi connectivity index (χ3v) is 6.00. The molecule has 1 N–H and O–H groups in total. The first-order chi connectivity index (χ1) is 14.2. The zero-order chi connectivity index (χ0) is 19.8. The number of rotatable bonds is 4. The first-order valence-corrected chi connectivity index (χ1v) is 10.2. The van der Waals surface area contributed by atoms with Crippen LogP contribution in [0.4, 0.5) is 0 Å². The van der Waals surface area contributed by atoms with Gasteiger partial charge in [-0.1, -0.05) is 12.1 Å². The van der Waals surface area contributed by atoms with Crippen LogP contribution in [-0.4, -0.2) is 48.9 Å². The van der Waals surface area contributed by atoms with E-state index in [1.54, 1.807) is 6.33 Å². The lowest BCUT2D eigenvalue weighted by Gasteiger charge is -2.32. The molecule has 0 bridgehead atoms. The zero-order valence-electron chi connectivity index (χ0n) is 16.5. The number of amides is 1. The highest BCUT2D eigenvalue weighted by molar-refractivity contribution is 5.96. The van der Waals surface area contributed by atoms with E-state index < -0.39 is 0 Å². The molecule has 1 aromatic carbocycles. The lowest BCUT2D eigenvalue weighted by molar-refractivity contribution is 0.0680. The van der Waals surface area contributed by atoms with Crippen molar-refractivity contribution in [1.82, 2.24) is 29.9 Å². The average Bonchev–Trinajstić information content (AvgIpc) is 3.40. The third-order valence-electron chi connectivity index (χ3n) is 6.00. The molecule has 8 nitrogen and oxygen atoms in total. The lowest BCUT2D eigenvalue weighted by atomic mass is 9.92. The maximum atomic E-state index is 13.1. The maximum absolute atomic E-state index is 13.1. The summed E-state index contributed by atoms with van der Waals surface area (Å²) in [6.07, 6.45) is 4.64. The normalized spacial score (nSPS) is 16.2. The molecular weight excluding hydrogens is 368 g/mol. The van der Waals surface area contributed by atoms with Gasteiger partial charge < -0.3 is 14.2 Å². The number of aromatic amines is 1. The number of aryl methyl sites for hydroxylation is 1. The number of piperidine rings is 1. The molecule has 150 valence electrons. The fraction of sp³-hybridized carbons (Fsp3) is 0.429. The Morgan fingerprint density at radius 3 is 2.93 bits per heavy atom. The predicted octanol–water partition coefficient (Wildman–Crippen LogP) is 2.68. The van der Waals surface area contributed by atoms with E-state index in [2.05, 4.69) is 31.9 Å². The minimum atomic E-state index is 0.0110. The fourth-order valence-electron chi connectivity index (χ4n) is 4.30. The Labute approximate surface area is 168 Å². The summed E-state index contributed by atoms with van der Waals surface area (Å²) in [7, 11) is 0. The minimum Gasteiger partial charge on any atom is -0.488 e. The quantitative estimate of drug-likeness (QED) is 0.737. The SMILES string of the molecule is CCn1cnnc1CC1CCN(C(=O)c2[nH]nc3c2COc2ccccc2-3)CC1. The van der Waals surface area contributed by atoms with Crippen LogP contribution in [0.25, 0.3) is 11.3 Å². The topological polar surface area (TPSA) is 88.9 Å². The molecule has 4 heterocycles. The molecule has 8 heteroatoms. The Morgan fingerprint density at radius 2 is 2.10 bits per heavy atom. The standard InChI is InChI=1S/C21H24N6O2/c1-2-26-13-22-23-18(26)11-14-7-9-27(10-8-14)21(28)20-16-12-29-17-6-4-3-5-15(17)19(16)24-25-20/h3-6,13-14H,2,7-12H2,1H3,(H,24,25). The number of benzene rings is 1. The second-order valence-corrected chi connectivity index (χ2v) is 7.68. The van der Waals surface area contributed by atoms with Crippen LogP contribution >= 0.6 is 0 Å². The zero-order valence-corrected chi connectivity index (χ0v) is 16.5. The van der Waals surface area contributed by atoms with Gasteiger partial charge in [-0.3, -0.25) is 9.89 Å². The first-order valence-electron chi connectivity index (χ1n) is 10.2. The van der Waals surface area contributed by atoms with Crippen molar-refractivity contribution in [2.24, 2.45) is 5.92 Å². The second kappa shape index (κ2) is 7.35. The molecule has 1 saturated heterocycles. The molecular formula is C21H24N6O2. The molecule has 0 saturated carbocycles. The van der Waals surface area contributed by atoms with E-state index in [0.717, 1.165) is 67.3 Å². The molecule has 2 aromatic heterocycles. The highest BCUT2D eigenvalue weighted by atomic mass is 16.5. The number of hydrogen-bond donors (Lipinski definition) is 1. The summed E-state index contributed by atoms with van der Waals surface area (Å²) in [6.45, 7) is 4.84. The monoisotopic (exact) mass is 392 g/mol. The van der Waals surface area contributed by atoms with Crippen LogP contribution in [0.1, 0.15) is 41.6 Å². The molecule has 2 aliphatic rings. The van der Waals surface area contributed by atoms with E-state index in [9.17, 15) is 4.79 Å². The molecule has 0 unspecified atom stereocenters. The van der Waals surface area contributed by atoms with E-state index in [1.807, 2.05) is 29.2 Å². The Morgan fingerprint density at radius 1 is 1.28 bits per heavy atom. The molecule has 0 aliphatic carbocycles. The molecule has 0 spiro atoms. The molecule has 1 amide bonds. The van der Waals surface area contributed by atoms with Gasteiger partial charge in [0.1, 0.15) is 35.9 Å². The molecule has 29 heavy (non-hydrogen) atoms. The van der Waals surface area contributed by atoms with Crippen LogP contribution in [0.5, 0.6) is 5.75 Å². The van der Waals surface area contributed by atoms with Crippen LogP contribution in [-0.2, 0) is 19.6 Å². The molecule has 5 rings (SSSR count). The third kappa shape index (κ3) is 3.18. The molecule has 0 atom stereocenters. The number of likely N-dealkylation sites (tertiary alicyclic amines) is 1. The van der Waals surface area contributed by atoms with Gasteiger partial charge in [0.15, 0.2) is 0 Å². The second-order valence-electron chi connectivity index (χ2n) is 7.68. The van der Waals surface area contributed by atoms with Gasteiger partial charge in [-0.2, -0.15) is 5.10 Å². The van der Waals surface area contributed by atoms with Crippen LogP contribution < -0.4 is 4.74 Å². The smallest absolute Gasteiger partial charge is 0.272 e. The van der Waals surface area contributed by atoms with Crippen LogP contribution in [0.15, 0.2) is 30.6 Å². The Balaban J connectivity index is 1.27. The van der Waals surface area contributed by atoms with Crippen molar-refractivity contribution in [3.63, 3.8) is 0 Å². The van der Waals surface area contributed by atoms with Crippen LogP contribution in [0, 0.1) is 5.92 Å².